The Morgan fingerprint density at radius 1 is 0.500 bits per heavy atom. The summed E-state index contributed by atoms with van der Waals surface area (Å²) in [7, 11) is 0. The van der Waals surface area contributed by atoms with Crippen LogP contribution < -0.4 is 17.2 Å². The Hall–Kier alpha value is -1.71. The molecule has 0 aromatic rings. The van der Waals surface area contributed by atoms with Crippen LogP contribution in [0.5, 0.6) is 0 Å². The van der Waals surface area contributed by atoms with Gasteiger partial charge in [-0.05, 0) is 38.6 Å². The van der Waals surface area contributed by atoms with Gasteiger partial charge in [0.05, 0.1) is 13.2 Å². The number of ether oxygens (including phenoxy) is 2. The number of carbonyl (C=O) groups excluding carboxylic acids is 2. The zero-order valence-electron chi connectivity index (χ0n) is 31.5. The van der Waals surface area contributed by atoms with Crippen LogP contribution in [0.4, 0.5) is 0 Å². The Labute approximate surface area is 295 Å². The van der Waals surface area contributed by atoms with Gasteiger partial charge in [0.15, 0.2) is 0 Å². The van der Waals surface area contributed by atoms with E-state index in [0.717, 1.165) is 38.5 Å². The molecule has 0 unspecified atom stereocenters. The van der Waals surface area contributed by atoms with Crippen molar-refractivity contribution >= 4 is 17.9 Å². The third kappa shape index (κ3) is 38.7. The van der Waals surface area contributed by atoms with Gasteiger partial charge in [0.25, 0.3) is 0 Å². The summed E-state index contributed by atoms with van der Waals surface area (Å²) >= 11 is 0. The lowest BCUT2D eigenvalue weighted by Crippen LogP contribution is -2.33. The summed E-state index contributed by atoms with van der Waals surface area (Å²) in [5, 5.41) is 8.33. The van der Waals surface area contributed by atoms with Crippen molar-refractivity contribution in [3.05, 3.63) is 0 Å². The topological polar surface area (TPSA) is 168 Å². The Morgan fingerprint density at radius 3 is 1.25 bits per heavy atom. The highest BCUT2D eigenvalue weighted by Crippen LogP contribution is 2.13. The standard InChI is InChI=1S/C33H65NO4.C6H14N2O2/c1-3-5-7-9-11-13-15-17-19-21-23-25-29-37-32(35)28-27-31(34)33(36)38-30-26-24-22-20-18-16-14-12-10-8-6-4-2;7-4-2-1-3-5(8)6(9)10/h31H,3-30,34H2,1-2H3;5H,1-4,7-8H2,(H,9,10)/t31-;5-/m00/s1. The lowest BCUT2D eigenvalue weighted by atomic mass is 10.1. The first kappa shape index (κ1) is 48.4. The van der Waals surface area contributed by atoms with Gasteiger partial charge in [-0.1, -0.05) is 162 Å². The molecule has 2 atom stereocenters. The molecule has 9 heteroatoms. The van der Waals surface area contributed by atoms with Gasteiger partial charge in [-0.2, -0.15) is 0 Å². The Morgan fingerprint density at radius 2 is 0.875 bits per heavy atom. The maximum Gasteiger partial charge on any atom is 0.322 e. The van der Waals surface area contributed by atoms with E-state index in [1.165, 1.54) is 128 Å². The van der Waals surface area contributed by atoms with Crippen molar-refractivity contribution in [2.45, 2.75) is 212 Å². The largest absolute Gasteiger partial charge is 0.480 e. The molecule has 0 aliphatic heterocycles. The lowest BCUT2D eigenvalue weighted by molar-refractivity contribution is -0.147. The Kier molecular flexibility index (Phi) is 40.1. The zero-order valence-corrected chi connectivity index (χ0v) is 31.5. The van der Waals surface area contributed by atoms with Gasteiger partial charge in [-0.3, -0.25) is 14.4 Å². The number of nitrogens with two attached hydrogens (primary N) is 3. The van der Waals surface area contributed by atoms with Crippen LogP contribution in [0.2, 0.25) is 0 Å². The summed E-state index contributed by atoms with van der Waals surface area (Å²) in [6.07, 6.45) is 33.4. The highest BCUT2D eigenvalue weighted by atomic mass is 16.5. The second-order valence-electron chi connectivity index (χ2n) is 13.5. The molecule has 0 spiro atoms. The fourth-order valence-corrected chi connectivity index (χ4v) is 5.45. The van der Waals surface area contributed by atoms with Crippen molar-refractivity contribution in [3.63, 3.8) is 0 Å². The monoisotopic (exact) mass is 686 g/mol. The highest BCUT2D eigenvalue weighted by molar-refractivity contribution is 5.77. The number of hydrogen-bond acceptors (Lipinski definition) is 8. The molecule has 0 aliphatic carbocycles. The smallest absolute Gasteiger partial charge is 0.322 e. The van der Waals surface area contributed by atoms with E-state index in [9.17, 15) is 14.4 Å². The molecule has 0 aromatic heterocycles. The summed E-state index contributed by atoms with van der Waals surface area (Å²) in [5.41, 5.74) is 16.3. The molecule has 0 aliphatic rings. The summed E-state index contributed by atoms with van der Waals surface area (Å²) < 4.78 is 10.6. The van der Waals surface area contributed by atoms with Crippen molar-refractivity contribution in [2.75, 3.05) is 19.8 Å². The summed E-state index contributed by atoms with van der Waals surface area (Å²) in [4.78, 5) is 34.1. The van der Waals surface area contributed by atoms with Gasteiger partial charge >= 0.3 is 17.9 Å². The molecule has 0 heterocycles. The number of unbranched alkanes of at least 4 members (excludes halogenated alkanes) is 23. The number of carboxylic acid groups (broad SMARTS) is 1. The second-order valence-corrected chi connectivity index (χ2v) is 13.5. The molecule has 0 aromatic carbocycles. The van der Waals surface area contributed by atoms with Crippen molar-refractivity contribution in [3.8, 4) is 0 Å². The quantitative estimate of drug-likeness (QED) is 0.0375. The average molecular weight is 686 g/mol. The highest BCUT2D eigenvalue weighted by Gasteiger charge is 2.17. The molecule has 286 valence electrons. The molecule has 0 saturated heterocycles. The number of rotatable bonds is 35. The molecule has 0 rings (SSSR count). The molecule has 0 amide bonds. The van der Waals surface area contributed by atoms with Crippen LogP contribution in [0.25, 0.3) is 0 Å². The molecular weight excluding hydrogens is 606 g/mol. The van der Waals surface area contributed by atoms with Gasteiger partial charge in [-0.25, -0.2) is 0 Å². The average Bonchev–Trinajstić information content (AvgIpc) is 3.08. The molecule has 0 radical (unpaired) electrons. The Balaban J connectivity index is 0. The van der Waals surface area contributed by atoms with E-state index in [0.29, 0.717) is 26.2 Å². The third-order valence-electron chi connectivity index (χ3n) is 8.75. The van der Waals surface area contributed by atoms with Crippen LogP contribution in [0.1, 0.15) is 200 Å². The van der Waals surface area contributed by atoms with Crippen molar-refractivity contribution < 1.29 is 29.0 Å². The number of aliphatic carboxylic acids is 1. The molecule has 0 bridgehead atoms. The lowest BCUT2D eigenvalue weighted by Gasteiger charge is -2.11. The third-order valence-corrected chi connectivity index (χ3v) is 8.75. The molecule has 7 N–H and O–H groups in total. The van der Waals surface area contributed by atoms with E-state index in [2.05, 4.69) is 13.8 Å². The fraction of sp³-hybridized carbons (Fsp3) is 0.923. The van der Waals surface area contributed by atoms with E-state index in [-0.39, 0.29) is 18.8 Å². The predicted octanol–water partition coefficient (Wildman–Crippen LogP) is 9.11. The SMILES string of the molecule is CCCCCCCCCCCCCCOC(=O)CC[C@H](N)C(=O)OCCCCCCCCCCCCCC.NCCCC[C@H](N)C(=O)O. The van der Waals surface area contributed by atoms with Gasteiger partial charge in [0, 0.05) is 6.42 Å². The van der Waals surface area contributed by atoms with Crippen molar-refractivity contribution in [1.29, 1.82) is 0 Å². The minimum absolute atomic E-state index is 0.174. The first-order valence-electron chi connectivity index (χ1n) is 20.1. The first-order valence-corrected chi connectivity index (χ1v) is 20.1. The summed E-state index contributed by atoms with van der Waals surface area (Å²) in [6, 6.07) is -1.46. The number of esters is 2. The molecule has 9 nitrogen and oxygen atoms in total. The second kappa shape index (κ2) is 39.7. The van der Waals surface area contributed by atoms with E-state index in [1.807, 2.05) is 0 Å². The van der Waals surface area contributed by atoms with Crippen LogP contribution in [-0.2, 0) is 23.9 Å². The molecule has 0 fully saturated rings. The maximum atomic E-state index is 12.0. The molecular formula is C39H79N3O6. The zero-order chi connectivity index (χ0) is 35.9. The minimum atomic E-state index is -0.933. The van der Waals surface area contributed by atoms with E-state index < -0.39 is 24.0 Å². The Bertz CT molecular complexity index is 709. The van der Waals surface area contributed by atoms with Crippen molar-refractivity contribution in [2.24, 2.45) is 17.2 Å². The van der Waals surface area contributed by atoms with E-state index in [4.69, 9.17) is 31.8 Å². The maximum absolute atomic E-state index is 12.0. The van der Waals surface area contributed by atoms with Crippen LogP contribution in [0.15, 0.2) is 0 Å². The van der Waals surface area contributed by atoms with Gasteiger partial charge < -0.3 is 31.8 Å². The van der Waals surface area contributed by atoms with E-state index >= 15 is 0 Å². The number of carbonyl (C=O) groups is 3. The van der Waals surface area contributed by atoms with Crippen LogP contribution in [0.3, 0.4) is 0 Å². The summed E-state index contributed by atoms with van der Waals surface area (Å²) in [5.74, 6) is -1.60. The van der Waals surface area contributed by atoms with Gasteiger partial charge in [0.1, 0.15) is 12.1 Å². The normalized spacial score (nSPS) is 12.2. The van der Waals surface area contributed by atoms with Crippen LogP contribution in [-0.4, -0.2) is 54.9 Å². The molecule has 0 saturated carbocycles. The summed E-state index contributed by atoms with van der Waals surface area (Å²) in [6.45, 7) is 6.01. The van der Waals surface area contributed by atoms with Crippen LogP contribution in [0, 0.1) is 0 Å². The minimum Gasteiger partial charge on any atom is -0.480 e. The van der Waals surface area contributed by atoms with E-state index in [1.54, 1.807) is 0 Å². The fourth-order valence-electron chi connectivity index (χ4n) is 5.45. The van der Waals surface area contributed by atoms with Gasteiger partial charge in [-0.15, -0.1) is 0 Å². The van der Waals surface area contributed by atoms with Crippen molar-refractivity contribution in [1.82, 2.24) is 0 Å². The first-order chi connectivity index (χ1) is 23.3. The molecule has 48 heavy (non-hydrogen) atoms. The van der Waals surface area contributed by atoms with Gasteiger partial charge in [0.2, 0.25) is 0 Å². The van der Waals surface area contributed by atoms with Crippen LogP contribution >= 0.6 is 0 Å². The predicted molar refractivity (Wildman–Crippen MR) is 200 cm³/mol. The number of hydrogen-bond donors (Lipinski definition) is 4. The number of carboxylic acids is 1.